The molecule has 0 aliphatic rings. The zero-order chi connectivity index (χ0) is 17.1. The topological polar surface area (TPSA) is 91.0 Å². The molecule has 0 bridgehead atoms. The largest absolute Gasteiger partial charge is 0.455 e. The molecule has 0 fully saturated rings. The maximum atomic E-state index is 11.9. The second-order valence-corrected chi connectivity index (χ2v) is 7.55. The third-order valence-electron chi connectivity index (χ3n) is 3.11. The number of thiophene rings is 2. The van der Waals surface area contributed by atoms with E-state index in [4.69, 9.17) is 9.15 Å². The van der Waals surface area contributed by atoms with Gasteiger partial charge in [0.2, 0.25) is 0 Å². The molecular formula is C15H10N4O3S3. The number of hydrogen-bond acceptors (Lipinski definition) is 10. The predicted octanol–water partition coefficient (Wildman–Crippen LogP) is 3.64. The highest BCUT2D eigenvalue weighted by atomic mass is 32.2. The van der Waals surface area contributed by atoms with Crippen molar-refractivity contribution >= 4 is 50.6 Å². The zero-order valence-corrected chi connectivity index (χ0v) is 15.1. The fraction of sp³-hybridized carbons (Fsp3) is 0.133. The van der Waals surface area contributed by atoms with Crippen LogP contribution in [0.5, 0.6) is 0 Å². The summed E-state index contributed by atoms with van der Waals surface area (Å²) >= 11 is 4.36. The maximum absolute atomic E-state index is 11.9. The molecule has 0 aromatic carbocycles. The molecule has 0 spiro atoms. The quantitative estimate of drug-likeness (QED) is 0.280. The molecule has 0 aliphatic carbocycles. The number of nitrogens with zero attached hydrogens (tertiary/aromatic N) is 4. The molecule has 25 heavy (non-hydrogen) atoms. The van der Waals surface area contributed by atoms with Crippen LogP contribution in [0.2, 0.25) is 0 Å². The van der Waals surface area contributed by atoms with Crippen LogP contribution in [0, 0.1) is 0 Å². The van der Waals surface area contributed by atoms with Gasteiger partial charge in [0.15, 0.2) is 6.61 Å². The lowest BCUT2D eigenvalue weighted by Crippen LogP contribution is -2.07. The summed E-state index contributed by atoms with van der Waals surface area (Å²) in [6.07, 6.45) is 1.50. The Morgan fingerprint density at radius 3 is 3.04 bits per heavy atom. The summed E-state index contributed by atoms with van der Waals surface area (Å²) in [6, 6.07) is 5.73. The van der Waals surface area contributed by atoms with Crippen LogP contribution in [0.1, 0.15) is 5.89 Å². The van der Waals surface area contributed by atoms with Gasteiger partial charge in [-0.25, -0.2) is 9.97 Å². The Hall–Kier alpha value is -2.30. The molecule has 126 valence electrons. The van der Waals surface area contributed by atoms with Gasteiger partial charge in [0.05, 0.1) is 10.6 Å². The lowest BCUT2D eigenvalue weighted by atomic mass is 10.4. The Balaban J connectivity index is 1.31. The molecular weight excluding hydrogens is 380 g/mol. The zero-order valence-electron chi connectivity index (χ0n) is 12.6. The summed E-state index contributed by atoms with van der Waals surface area (Å²) in [4.78, 5) is 22.1. The van der Waals surface area contributed by atoms with Crippen LogP contribution < -0.4 is 0 Å². The molecule has 0 aliphatic heterocycles. The number of hydrogen-bond donors (Lipinski definition) is 0. The van der Waals surface area contributed by atoms with Gasteiger partial charge in [0.1, 0.15) is 16.2 Å². The number of esters is 1. The highest BCUT2D eigenvalue weighted by Gasteiger charge is 2.13. The van der Waals surface area contributed by atoms with Crippen molar-refractivity contribution < 1.29 is 13.9 Å². The van der Waals surface area contributed by atoms with Crippen molar-refractivity contribution in [1.82, 2.24) is 20.2 Å². The van der Waals surface area contributed by atoms with Crippen molar-refractivity contribution in [2.75, 3.05) is 5.75 Å². The molecule has 4 heterocycles. The second kappa shape index (κ2) is 7.30. The highest BCUT2D eigenvalue weighted by molar-refractivity contribution is 8.00. The smallest absolute Gasteiger partial charge is 0.316 e. The Morgan fingerprint density at radius 1 is 1.20 bits per heavy atom. The average Bonchev–Trinajstić information content (AvgIpc) is 3.38. The molecule has 0 saturated heterocycles. The molecule has 10 heteroatoms. The van der Waals surface area contributed by atoms with Gasteiger partial charge >= 0.3 is 5.97 Å². The van der Waals surface area contributed by atoms with E-state index < -0.39 is 0 Å². The number of aromatic nitrogens is 4. The molecule has 7 nitrogen and oxygen atoms in total. The first kappa shape index (κ1) is 16.2. The van der Waals surface area contributed by atoms with Gasteiger partial charge in [0, 0.05) is 5.39 Å². The average molecular weight is 390 g/mol. The van der Waals surface area contributed by atoms with E-state index in [1.807, 2.05) is 29.0 Å². The minimum Gasteiger partial charge on any atom is -0.455 e. The van der Waals surface area contributed by atoms with E-state index in [9.17, 15) is 4.79 Å². The molecule has 4 aromatic heterocycles. The minimum atomic E-state index is -0.372. The van der Waals surface area contributed by atoms with E-state index in [0.717, 1.165) is 20.1 Å². The summed E-state index contributed by atoms with van der Waals surface area (Å²) in [6.45, 7) is -0.0462. The van der Waals surface area contributed by atoms with Gasteiger partial charge in [-0.1, -0.05) is 17.8 Å². The first-order valence-corrected chi connectivity index (χ1v) is 9.87. The molecule has 0 radical (unpaired) electrons. The van der Waals surface area contributed by atoms with Gasteiger partial charge in [0.25, 0.3) is 11.8 Å². The Morgan fingerprint density at radius 2 is 2.16 bits per heavy atom. The third-order valence-corrected chi connectivity index (χ3v) is 5.76. The fourth-order valence-electron chi connectivity index (χ4n) is 2.01. The van der Waals surface area contributed by atoms with Crippen LogP contribution in [0.25, 0.3) is 21.0 Å². The van der Waals surface area contributed by atoms with E-state index >= 15 is 0 Å². The Bertz CT molecular complexity index is 996. The lowest BCUT2D eigenvalue weighted by Gasteiger charge is -2.02. The summed E-state index contributed by atoms with van der Waals surface area (Å²) in [5, 5.41) is 13.4. The number of carbonyl (C=O) groups excluding carboxylic acids is 1. The molecule has 0 atom stereocenters. The monoisotopic (exact) mass is 390 g/mol. The number of ether oxygens (including phenoxy) is 1. The van der Waals surface area contributed by atoms with Gasteiger partial charge in [-0.05, 0) is 22.9 Å². The third kappa shape index (κ3) is 3.70. The molecule has 4 rings (SSSR count). The molecule has 0 unspecified atom stereocenters. The van der Waals surface area contributed by atoms with Gasteiger partial charge in [-0.2, -0.15) is 0 Å². The maximum Gasteiger partial charge on any atom is 0.316 e. The Labute approximate surface area is 154 Å². The number of rotatable bonds is 6. The number of fused-ring (bicyclic) bond motifs is 1. The first-order chi connectivity index (χ1) is 12.3. The van der Waals surface area contributed by atoms with Crippen molar-refractivity contribution in [3.8, 4) is 10.8 Å². The van der Waals surface area contributed by atoms with Crippen LogP contribution in [0.15, 0.2) is 44.7 Å². The number of thioether (sulfide) groups is 1. The highest BCUT2D eigenvalue weighted by Crippen LogP contribution is 2.27. The molecule has 0 N–H and O–H groups in total. The van der Waals surface area contributed by atoms with E-state index in [1.54, 1.807) is 0 Å². The second-order valence-electron chi connectivity index (χ2n) is 4.75. The molecule has 0 saturated carbocycles. The SMILES string of the molecule is O=C(CSc1ncnc2sccc12)OCc1nnc(-c2cccs2)o1. The molecule has 4 aromatic rings. The fourth-order valence-corrected chi connectivity index (χ4v) is 4.23. The van der Waals surface area contributed by atoms with Crippen molar-refractivity contribution in [1.29, 1.82) is 0 Å². The first-order valence-electron chi connectivity index (χ1n) is 7.12. The molecule has 0 amide bonds. The van der Waals surface area contributed by atoms with Crippen LogP contribution in [0.4, 0.5) is 0 Å². The van der Waals surface area contributed by atoms with Crippen molar-refractivity contribution in [2.24, 2.45) is 0 Å². The normalized spacial score (nSPS) is 11.0. The van der Waals surface area contributed by atoms with E-state index in [2.05, 4.69) is 20.2 Å². The standard InChI is InChI=1S/C15H10N4O3S3/c20-12(7-25-15-9-3-5-24-14(9)16-8-17-15)21-6-11-18-19-13(22-11)10-2-1-4-23-10/h1-5,8H,6-7H2. The predicted molar refractivity (Wildman–Crippen MR) is 95.5 cm³/mol. The van der Waals surface area contributed by atoms with E-state index in [1.165, 1.54) is 40.8 Å². The van der Waals surface area contributed by atoms with Gasteiger partial charge < -0.3 is 9.15 Å². The summed E-state index contributed by atoms with van der Waals surface area (Å²) in [7, 11) is 0. The van der Waals surface area contributed by atoms with Gasteiger partial charge in [-0.3, -0.25) is 4.79 Å². The van der Waals surface area contributed by atoms with Crippen LogP contribution in [-0.4, -0.2) is 31.9 Å². The number of carbonyl (C=O) groups is 1. The van der Waals surface area contributed by atoms with E-state index in [-0.39, 0.29) is 24.2 Å². The van der Waals surface area contributed by atoms with Gasteiger partial charge in [-0.15, -0.1) is 32.9 Å². The van der Waals surface area contributed by atoms with Crippen molar-refractivity contribution in [3.05, 3.63) is 41.2 Å². The summed E-state index contributed by atoms with van der Waals surface area (Å²) in [5.74, 6) is 0.469. The van der Waals surface area contributed by atoms with Crippen molar-refractivity contribution in [3.63, 3.8) is 0 Å². The summed E-state index contributed by atoms with van der Waals surface area (Å²) in [5.41, 5.74) is 0. The van der Waals surface area contributed by atoms with Crippen LogP contribution in [0.3, 0.4) is 0 Å². The van der Waals surface area contributed by atoms with Crippen LogP contribution in [-0.2, 0) is 16.1 Å². The van der Waals surface area contributed by atoms with E-state index in [0.29, 0.717) is 5.89 Å². The Kier molecular flexibility index (Phi) is 4.72. The van der Waals surface area contributed by atoms with Crippen molar-refractivity contribution in [2.45, 2.75) is 11.6 Å². The summed E-state index contributed by atoms with van der Waals surface area (Å²) < 4.78 is 10.7. The lowest BCUT2D eigenvalue weighted by molar-refractivity contribution is -0.142. The minimum absolute atomic E-state index is 0.0462. The van der Waals surface area contributed by atoms with Crippen LogP contribution >= 0.6 is 34.4 Å².